The van der Waals surface area contributed by atoms with Crippen LogP contribution in [0, 0.1) is 6.92 Å². The third-order valence-electron chi connectivity index (χ3n) is 3.69. The topological polar surface area (TPSA) is 84.7 Å². The van der Waals surface area contributed by atoms with E-state index in [2.05, 4.69) is 5.32 Å². The molecule has 0 aliphatic carbocycles. The van der Waals surface area contributed by atoms with Crippen molar-refractivity contribution in [1.82, 2.24) is 10.2 Å². The van der Waals surface area contributed by atoms with Gasteiger partial charge in [-0.2, -0.15) is 0 Å². The minimum atomic E-state index is -0.311. The Bertz CT molecular complexity index is 525. The van der Waals surface area contributed by atoms with E-state index < -0.39 is 0 Å². The van der Waals surface area contributed by atoms with Crippen LogP contribution < -0.4 is 15.8 Å². The molecule has 2 amide bonds. The second-order valence-electron chi connectivity index (χ2n) is 5.69. The number of hydrogen-bond acceptors (Lipinski definition) is 4. The number of carbonyl (C=O) groups is 2. The fourth-order valence-electron chi connectivity index (χ4n) is 2.58. The Morgan fingerprint density at radius 1 is 1.36 bits per heavy atom. The number of nitrogens with one attached hydrogen (secondary N) is 1. The summed E-state index contributed by atoms with van der Waals surface area (Å²) in [7, 11) is 0. The Hall–Kier alpha value is -2.08. The first kappa shape index (κ1) is 16.3. The van der Waals surface area contributed by atoms with E-state index >= 15 is 0 Å². The van der Waals surface area contributed by atoms with Gasteiger partial charge in [0.1, 0.15) is 5.75 Å². The monoisotopic (exact) mass is 305 g/mol. The molecule has 0 radical (unpaired) electrons. The first-order valence-corrected chi connectivity index (χ1v) is 7.52. The van der Waals surface area contributed by atoms with Crippen molar-refractivity contribution >= 4 is 11.8 Å². The van der Waals surface area contributed by atoms with E-state index in [-0.39, 0.29) is 31.0 Å². The molecule has 0 aromatic heterocycles. The number of ether oxygens (including phenoxy) is 1. The Labute approximate surface area is 130 Å². The number of nitrogens with zero attached hydrogens (tertiary/aromatic N) is 1. The molecule has 1 fully saturated rings. The Kier molecular flexibility index (Phi) is 5.77. The molecule has 0 unspecified atom stereocenters. The molecule has 1 aliphatic heterocycles. The van der Waals surface area contributed by atoms with Gasteiger partial charge in [-0.05, 0) is 37.5 Å². The molecule has 22 heavy (non-hydrogen) atoms. The minimum absolute atomic E-state index is 0.0188. The molecule has 0 bridgehead atoms. The molecule has 0 spiro atoms. The highest BCUT2D eigenvalue weighted by atomic mass is 16.5. The second-order valence-corrected chi connectivity index (χ2v) is 5.69. The van der Waals surface area contributed by atoms with Gasteiger partial charge in [-0.25, -0.2) is 0 Å². The van der Waals surface area contributed by atoms with Gasteiger partial charge >= 0.3 is 0 Å². The highest BCUT2D eigenvalue weighted by Crippen LogP contribution is 2.13. The maximum Gasteiger partial charge on any atom is 0.258 e. The third-order valence-corrected chi connectivity index (χ3v) is 3.69. The molecule has 0 atom stereocenters. The number of aryl methyl sites for hydroxylation is 1. The summed E-state index contributed by atoms with van der Waals surface area (Å²) in [5.74, 6) is 0.273. The van der Waals surface area contributed by atoms with E-state index in [4.69, 9.17) is 10.5 Å². The minimum Gasteiger partial charge on any atom is -0.484 e. The van der Waals surface area contributed by atoms with Crippen molar-refractivity contribution in [2.24, 2.45) is 5.73 Å². The molecule has 1 saturated heterocycles. The van der Waals surface area contributed by atoms with Crippen LogP contribution in [0.25, 0.3) is 0 Å². The predicted octanol–water partition coefficient (Wildman–Crippen LogP) is 0.440. The van der Waals surface area contributed by atoms with Gasteiger partial charge in [-0.1, -0.05) is 12.1 Å². The summed E-state index contributed by atoms with van der Waals surface area (Å²) >= 11 is 0. The van der Waals surface area contributed by atoms with Crippen molar-refractivity contribution < 1.29 is 14.3 Å². The number of carbonyl (C=O) groups excluding carboxylic acids is 2. The van der Waals surface area contributed by atoms with Crippen LogP contribution in [0.3, 0.4) is 0 Å². The SMILES string of the molecule is Cc1cccc(OCC(=O)NC2CCN(CC(N)=O)CC2)c1. The lowest BCUT2D eigenvalue weighted by molar-refractivity contribution is -0.124. The molecular weight excluding hydrogens is 282 g/mol. The maximum atomic E-state index is 11.9. The van der Waals surface area contributed by atoms with Crippen LogP contribution in [0.2, 0.25) is 0 Å². The van der Waals surface area contributed by atoms with Gasteiger partial charge in [0.15, 0.2) is 6.61 Å². The van der Waals surface area contributed by atoms with E-state index in [0.717, 1.165) is 31.5 Å². The van der Waals surface area contributed by atoms with Crippen LogP contribution in [0.5, 0.6) is 5.75 Å². The molecule has 120 valence electrons. The summed E-state index contributed by atoms with van der Waals surface area (Å²) in [5.41, 5.74) is 6.27. The van der Waals surface area contributed by atoms with E-state index in [1.165, 1.54) is 0 Å². The fourth-order valence-corrected chi connectivity index (χ4v) is 2.58. The normalized spacial score (nSPS) is 16.2. The lowest BCUT2D eigenvalue weighted by Gasteiger charge is -2.31. The zero-order valence-electron chi connectivity index (χ0n) is 12.9. The van der Waals surface area contributed by atoms with Crippen molar-refractivity contribution in [3.05, 3.63) is 29.8 Å². The van der Waals surface area contributed by atoms with Gasteiger partial charge in [-0.3, -0.25) is 14.5 Å². The summed E-state index contributed by atoms with van der Waals surface area (Å²) in [6.07, 6.45) is 1.65. The molecule has 6 heteroatoms. The summed E-state index contributed by atoms with van der Waals surface area (Å²) in [4.78, 5) is 24.8. The first-order valence-electron chi connectivity index (χ1n) is 7.52. The van der Waals surface area contributed by atoms with Gasteiger partial charge in [0.05, 0.1) is 6.54 Å². The fraction of sp³-hybridized carbons (Fsp3) is 0.500. The third kappa shape index (κ3) is 5.37. The number of nitrogens with two attached hydrogens (primary N) is 1. The number of likely N-dealkylation sites (tertiary alicyclic amines) is 1. The van der Waals surface area contributed by atoms with E-state index in [0.29, 0.717) is 5.75 Å². The van der Waals surface area contributed by atoms with Crippen LogP contribution in [0.4, 0.5) is 0 Å². The average molecular weight is 305 g/mol. The molecule has 1 aliphatic rings. The Morgan fingerprint density at radius 2 is 2.09 bits per heavy atom. The molecule has 0 saturated carbocycles. The number of primary amides is 1. The molecule has 6 nitrogen and oxygen atoms in total. The smallest absolute Gasteiger partial charge is 0.258 e. The van der Waals surface area contributed by atoms with Crippen molar-refractivity contribution in [1.29, 1.82) is 0 Å². The van der Waals surface area contributed by atoms with Crippen molar-refractivity contribution in [3.8, 4) is 5.75 Å². The Morgan fingerprint density at radius 3 is 2.73 bits per heavy atom. The number of piperidine rings is 1. The van der Waals surface area contributed by atoms with Crippen LogP contribution in [-0.4, -0.2) is 49.0 Å². The van der Waals surface area contributed by atoms with Gasteiger partial charge in [0.25, 0.3) is 5.91 Å². The number of amides is 2. The predicted molar refractivity (Wildman–Crippen MR) is 83.5 cm³/mol. The van der Waals surface area contributed by atoms with E-state index in [1.807, 2.05) is 36.1 Å². The summed E-state index contributed by atoms with van der Waals surface area (Å²) in [5, 5.41) is 2.97. The van der Waals surface area contributed by atoms with Gasteiger partial charge in [0, 0.05) is 19.1 Å². The van der Waals surface area contributed by atoms with Crippen LogP contribution in [-0.2, 0) is 9.59 Å². The van der Waals surface area contributed by atoms with Crippen molar-refractivity contribution in [2.45, 2.75) is 25.8 Å². The Balaban J connectivity index is 1.69. The van der Waals surface area contributed by atoms with Crippen LogP contribution >= 0.6 is 0 Å². The summed E-state index contributed by atoms with van der Waals surface area (Å²) in [6.45, 7) is 3.83. The van der Waals surface area contributed by atoms with E-state index in [9.17, 15) is 9.59 Å². The van der Waals surface area contributed by atoms with Gasteiger partial charge in [0.2, 0.25) is 5.91 Å². The maximum absolute atomic E-state index is 11.9. The molecule has 3 N–H and O–H groups in total. The zero-order chi connectivity index (χ0) is 15.9. The molecular formula is C16H23N3O3. The first-order chi connectivity index (χ1) is 10.5. The lowest BCUT2D eigenvalue weighted by Crippen LogP contribution is -2.47. The van der Waals surface area contributed by atoms with Crippen molar-refractivity contribution in [3.63, 3.8) is 0 Å². The average Bonchev–Trinajstić information content (AvgIpc) is 2.47. The van der Waals surface area contributed by atoms with Crippen LogP contribution in [0.1, 0.15) is 18.4 Å². The summed E-state index contributed by atoms with van der Waals surface area (Å²) in [6, 6.07) is 7.75. The van der Waals surface area contributed by atoms with Crippen LogP contribution in [0.15, 0.2) is 24.3 Å². The standard InChI is InChI=1S/C16H23N3O3/c1-12-3-2-4-14(9-12)22-11-16(21)18-13-5-7-19(8-6-13)10-15(17)20/h2-4,9,13H,5-8,10-11H2,1H3,(H2,17,20)(H,18,21). The molecule has 2 rings (SSSR count). The molecule has 1 heterocycles. The zero-order valence-corrected chi connectivity index (χ0v) is 12.9. The molecule has 1 aromatic rings. The lowest BCUT2D eigenvalue weighted by atomic mass is 10.1. The number of benzene rings is 1. The quantitative estimate of drug-likeness (QED) is 0.798. The number of rotatable bonds is 6. The second kappa shape index (κ2) is 7.79. The van der Waals surface area contributed by atoms with E-state index in [1.54, 1.807) is 0 Å². The highest BCUT2D eigenvalue weighted by Gasteiger charge is 2.21. The molecule has 1 aromatic carbocycles. The largest absolute Gasteiger partial charge is 0.484 e. The van der Waals surface area contributed by atoms with Gasteiger partial charge < -0.3 is 15.8 Å². The number of hydrogen-bond donors (Lipinski definition) is 2. The van der Waals surface area contributed by atoms with Gasteiger partial charge in [-0.15, -0.1) is 0 Å². The highest BCUT2D eigenvalue weighted by molar-refractivity contribution is 5.78. The summed E-state index contributed by atoms with van der Waals surface area (Å²) < 4.78 is 5.48. The van der Waals surface area contributed by atoms with Crippen molar-refractivity contribution in [2.75, 3.05) is 26.2 Å².